The van der Waals surface area contributed by atoms with Crippen molar-refractivity contribution in [3.05, 3.63) is 0 Å². The maximum absolute atomic E-state index is 12.7. The van der Waals surface area contributed by atoms with Crippen LogP contribution in [-0.2, 0) is 4.79 Å². The van der Waals surface area contributed by atoms with E-state index >= 15 is 0 Å². The standard InChI is InChI=1S/C16H28N2O/c1-11(2)18(10-12-3-5-17-6-4-12)16(19)15-8-13-7-14(13)9-15/h11-15,17H,3-10H2,1-2H3. The lowest BCUT2D eigenvalue weighted by molar-refractivity contribution is -0.138. The summed E-state index contributed by atoms with van der Waals surface area (Å²) in [5.74, 6) is 3.33. The van der Waals surface area contributed by atoms with Gasteiger partial charge >= 0.3 is 0 Å². The molecule has 0 aromatic heterocycles. The first-order chi connectivity index (χ1) is 9.15. The summed E-state index contributed by atoms with van der Waals surface area (Å²) in [5.41, 5.74) is 0. The van der Waals surface area contributed by atoms with E-state index in [1.165, 1.54) is 32.1 Å². The molecule has 3 nitrogen and oxygen atoms in total. The summed E-state index contributed by atoms with van der Waals surface area (Å²) >= 11 is 0. The van der Waals surface area contributed by atoms with Crippen LogP contribution in [0.15, 0.2) is 0 Å². The first kappa shape index (κ1) is 13.4. The Morgan fingerprint density at radius 1 is 1.16 bits per heavy atom. The van der Waals surface area contributed by atoms with E-state index in [1.807, 2.05) is 0 Å². The molecule has 0 aromatic carbocycles. The second-order valence-electron chi connectivity index (χ2n) is 7.20. The average molecular weight is 264 g/mol. The Morgan fingerprint density at radius 2 is 1.79 bits per heavy atom. The second-order valence-corrected chi connectivity index (χ2v) is 7.20. The van der Waals surface area contributed by atoms with Gasteiger partial charge in [-0.1, -0.05) is 0 Å². The highest BCUT2D eigenvalue weighted by Crippen LogP contribution is 2.54. The molecule has 0 bridgehead atoms. The van der Waals surface area contributed by atoms with Crippen LogP contribution in [0, 0.1) is 23.7 Å². The van der Waals surface area contributed by atoms with E-state index < -0.39 is 0 Å². The van der Waals surface area contributed by atoms with Gasteiger partial charge in [0, 0.05) is 18.5 Å². The summed E-state index contributed by atoms with van der Waals surface area (Å²) in [7, 11) is 0. The van der Waals surface area contributed by atoms with Crippen molar-refractivity contribution in [2.45, 2.75) is 52.0 Å². The zero-order valence-corrected chi connectivity index (χ0v) is 12.4. The highest BCUT2D eigenvalue weighted by atomic mass is 16.2. The number of amides is 1. The lowest BCUT2D eigenvalue weighted by atomic mass is 9.95. The van der Waals surface area contributed by atoms with Crippen LogP contribution in [0.5, 0.6) is 0 Å². The lowest BCUT2D eigenvalue weighted by Crippen LogP contribution is -2.45. The van der Waals surface area contributed by atoms with Gasteiger partial charge in [-0.3, -0.25) is 4.79 Å². The van der Waals surface area contributed by atoms with Crippen molar-refractivity contribution in [3.63, 3.8) is 0 Å². The Balaban J connectivity index is 1.57. The number of hydrogen-bond acceptors (Lipinski definition) is 2. The van der Waals surface area contributed by atoms with Crippen LogP contribution in [0.3, 0.4) is 0 Å². The van der Waals surface area contributed by atoms with Gasteiger partial charge in [-0.05, 0) is 76.8 Å². The molecule has 1 amide bonds. The fourth-order valence-electron chi connectivity index (χ4n) is 4.05. The van der Waals surface area contributed by atoms with Crippen molar-refractivity contribution in [3.8, 4) is 0 Å². The van der Waals surface area contributed by atoms with Crippen LogP contribution in [0.2, 0.25) is 0 Å². The molecule has 1 N–H and O–H groups in total. The normalized spacial score (nSPS) is 34.4. The fraction of sp³-hybridized carbons (Fsp3) is 0.938. The summed E-state index contributed by atoms with van der Waals surface area (Å²) in [4.78, 5) is 14.9. The molecule has 3 fully saturated rings. The van der Waals surface area contributed by atoms with E-state index in [-0.39, 0.29) is 0 Å². The number of carbonyl (C=O) groups is 1. The molecule has 0 aromatic rings. The van der Waals surface area contributed by atoms with Gasteiger partial charge in [-0.25, -0.2) is 0 Å². The van der Waals surface area contributed by atoms with Gasteiger partial charge in [0.2, 0.25) is 5.91 Å². The summed E-state index contributed by atoms with van der Waals surface area (Å²) in [6.45, 7) is 7.59. The number of nitrogens with zero attached hydrogens (tertiary/aromatic N) is 1. The molecule has 3 rings (SSSR count). The molecule has 108 valence electrons. The van der Waals surface area contributed by atoms with Gasteiger partial charge in [0.25, 0.3) is 0 Å². The van der Waals surface area contributed by atoms with Crippen LogP contribution < -0.4 is 5.32 Å². The SMILES string of the molecule is CC(C)N(CC1CCNCC1)C(=O)C1CC2CC2C1. The molecule has 2 unspecified atom stereocenters. The van der Waals surface area contributed by atoms with Gasteiger partial charge in [0.15, 0.2) is 0 Å². The third-order valence-corrected chi connectivity index (χ3v) is 5.41. The summed E-state index contributed by atoms with van der Waals surface area (Å²) < 4.78 is 0. The maximum Gasteiger partial charge on any atom is 0.225 e. The first-order valence-corrected chi connectivity index (χ1v) is 8.16. The first-order valence-electron chi connectivity index (χ1n) is 8.16. The zero-order chi connectivity index (χ0) is 13.4. The van der Waals surface area contributed by atoms with Crippen LogP contribution >= 0.6 is 0 Å². The van der Waals surface area contributed by atoms with E-state index in [1.54, 1.807) is 0 Å². The second kappa shape index (κ2) is 5.43. The number of fused-ring (bicyclic) bond motifs is 1. The average Bonchev–Trinajstić information content (AvgIpc) is 3.02. The van der Waals surface area contributed by atoms with Crippen LogP contribution in [0.1, 0.15) is 46.0 Å². The van der Waals surface area contributed by atoms with Crippen molar-refractivity contribution in [1.29, 1.82) is 0 Å². The largest absolute Gasteiger partial charge is 0.340 e. The minimum Gasteiger partial charge on any atom is -0.340 e. The lowest BCUT2D eigenvalue weighted by Gasteiger charge is -2.34. The van der Waals surface area contributed by atoms with Crippen LogP contribution in [-0.4, -0.2) is 36.5 Å². The summed E-state index contributed by atoms with van der Waals surface area (Å²) in [6.07, 6.45) is 6.22. The van der Waals surface area contributed by atoms with Gasteiger partial charge in [0.05, 0.1) is 0 Å². The Labute approximate surface area is 117 Å². The monoisotopic (exact) mass is 264 g/mol. The Hall–Kier alpha value is -0.570. The molecule has 1 heterocycles. The number of hydrogen-bond donors (Lipinski definition) is 1. The molecule has 2 saturated carbocycles. The highest BCUT2D eigenvalue weighted by molar-refractivity contribution is 5.79. The number of rotatable bonds is 4. The molecule has 0 spiro atoms. The highest BCUT2D eigenvalue weighted by Gasteiger charge is 2.49. The minimum atomic E-state index is 0.355. The van der Waals surface area contributed by atoms with Crippen molar-refractivity contribution < 1.29 is 4.79 Å². The fourth-order valence-corrected chi connectivity index (χ4v) is 4.05. The molecular weight excluding hydrogens is 236 g/mol. The van der Waals surface area contributed by atoms with Crippen molar-refractivity contribution >= 4 is 5.91 Å². The smallest absolute Gasteiger partial charge is 0.225 e. The van der Waals surface area contributed by atoms with Gasteiger partial charge in [-0.15, -0.1) is 0 Å². The van der Waals surface area contributed by atoms with Crippen molar-refractivity contribution in [1.82, 2.24) is 10.2 Å². The number of carbonyl (C=O) groups excluding carboxylic acids is 1. The summed E-state index contributed by atoms with van der Waals surface area (Å²) in [6, 6.07) is 0.360. The molecule has 1 aliphatic heterocycles. The predicted molar refractivity (Wildman–Crippen MR) is 76.8 cm³/mol. The predicted octanol–water partition coefficient (Wildman–Crippen LogP) is 2.27. The third kappa shape index (κ3) is 2.96. The third-order valence-electron chi connectivity index (χ3n) is 5.41. The number of piperidine rings is 1. The Kier molecular flexibility index (Phi) is 3.84. The summed E-state index contributed by atoms with van der Waals surface area (Å²) in [5, 5.41) is 3.41. The minimum absolute atomic E-state index is 0.355. The van der Waals surface area contributed by atoms with Crippen LogP contribution in [0.4, 0.5) is 0 Å². The molecule has 19 heavy (non-hydrogen) atoms. The molecule has 1 saturated heterocycles. The molecule has 2 atom stereocenters. The molecular formula is C16H28N2O. The molecule has 0 radical (unpaired) electrons. The van der Waals surface area contributed by atoms with Gasteiger partial charge < -0.3 is 10.2 Å². The van der Waals surface area contributed by atoms with E-state index in [2.05, 4.69) is 24.1 Å². The quantitative estimate of drug-likeness (QED) is 0.845. The Bertz CT molecular complexity index is 326. The molecule has 3 aliphatic rings. The topological polar surface area (TPSA) is 32.3 Å². The molecule has 3 heteroatoms. The molecule has 2 aliphatic carbocycles. The van der Waals surface area contributed by atoms with E-state index in [0.29, 0.717) is 23.8 Å². The van der Waals surface area contributed by atoms with E-state index in [9.17, 15) is 4.79 Å². The van der Waals surface area contributed by atoms with Crippen molar-refractivity contribution in [2.75, 3.05) is 19.6 Å². The van der Waals surface area contributed by atoms with E-state index in [4.69, 9.17) is 0 Å². The number of nitrogens with one attached hydrogen (secondary N) is 1. The van der Waals surface area contributed by atoms with Gasteiger partial charge in [0.1, 0.15) is 0 Å². The maximum atomic E-state index is 12.7. The zero-order valence-electron chi connectivity index (χ0n) is 12.4. The Morgan fingerprint density at radius 3 is 2.37 bits per heavy atom. The van der Waals surface area contributed by atoms with Crippen LogP contribution in [0.25, 0.3) is 0 Å². The van der Waals surface area contributed by atoms with Crippen molar-refractivity contribution in [2.24, 2.45) is 23.7 Å². The van der Waals surface area contributed by atoms with Gasteiger partial charge in [-0.2, -0.15) is 0 Å². The van der Waals surface area contributed by atoms with E-state index in [0.717, 1.165) is 31.5 Å².